The number of aromatic nitrogens is 1. The van der Waals surface area contributed by atoms with Crippen molar-refractivity contribution in [3.8, 4) is 11.5 Å². The number of hydrogen-bond donors (Lipinski definition) is 2. The van der Waals surface area contributed by atoms with E-state index in [1.54, 1.807) is 7.11 Å². The van der Waals surface area contributed by atoms with Crippen LogP contribution in [0.5, 0.6) is 11.5 Å². The van der Waals surface area contributed by atoms with Crippen molar-refractivity contribution in [2.24, 2.45) is 0 Å². The molecule has 0 saturated heterocycles. The number of nitrogens with one attached hydrogen (secondary N) is 2. The normalized spacial score (nSPS) is 12.9. The van der Waals surface area contributed by atoms with Gasteiger partial charge in [-0.05, 0) is 62.1 Å². The minimum atomic E-state index is -0.144. The molecule has 0 unspecified atom stereocenters. The third-order valence-corrected chi connectivity index (χ3v) is 5.39. The first-order valence-electron chi connectivity index (χ1n) is 10.8. The van der Waals surface area contributed by atoms with Gasteiger partial charge in [-0.3, -0.25) is 14.6 Å². The Labute approximate surface area is 187 Å². The summed E-state index contributed by atoms with van der Waals surface area (Å²) in [7, 11) is 1.62. The molecule has 3 aromatic rings. The summed E-state index contributed by atoms with van der Waals surface area (Å²) in [6, 6.07) is 15.4. The molecule has 1 saturated carbocycles. The molecule has 2 N–H and O–H groups in total. The molecule has 2 aromatic carbocycles. The molecule has 1 aromatic heterocycles. The highest BCUT2D eigenvalue weighted by molar-refractivity contribution is 5.98. The molecule has 1 aliphatic rings. The first-order chi connectivity index (χ1) is 15.5. The molecule has 0 aliphatic heterocycles. The van der Waals surface area contributed by atoms with Crippen LogP contribution in [0, 0.1) is 6.92 Å². The molecule has 0 spiro atoms. The first-order valence-corrected chi connectivity index (χ1v) is 10.8. The molecular weight excluding hydrogens is 406 g/mol. The van der Waals surface area contributed by atoms with Crippen LogP contribution in [0.1, 0.15) is 34.5 Å². The maximum Gasteiger partial charge on any atom is 0.258 e. The Morgan fingerprint density at radius 1 is 1.06 bits per heavy atom. The summed E-state index contributed by atoms with van der Waals surface area (Å²) in [5.74, 6) is 1.16. The number of carbonyl (C=O) groups excluding carboxylic acids is 2. The molecule has 32 heavy (non-hydrogen) atoms. The second-order valence-corrected chi connectivity index (χ2v) is 7.96. The summed E-state index contributed by atoms with van der Waals surface area (Å²) in [6.07, 6.45) is 2.80. The molecule has 0 radical (unpaired) electrons. The van der Waals surface area contributed by atoms with Gasteiger partial charge in [-0.2, -0.15) is 0 Å². The number of methoxy groups -OCH3 is 1. The van der Waals surface area contributed by atoms with Crippen molar-refractivity contribution in [2.75, 3.05) is 20.3 Å². The fourth-order valence-electron chi connectivity index (χ4n) is 3.41. The molecular formula is C25H27N3O4. The van der Waals surface area contributed by atoms with Crippen LogP contribution in [0.25, 0.3) is 10.9 Å². The lowest BCUT2D eigenvalue weighted by molar-refractivity contribution is -0.123. The number of nitrogens with zero attached hydrogens (tertiary/aromatic N) is 1. The zero-order valence-electron chi connectivity index (χ0n) is 18.3. The van der Waals surface area contributed by atoms with Gasteiger partial charge in [0.25, 0.3) is 11.8 Å². The van der Waals surface area contributed by atoms with E-state index < -0.39 is 0 Å². The van der Waals surface area contributed by atoms with Gasteiger partial charge in [-0.15, -0.1) is 0 Å². The van der Waals surface area contributed by atoms with Gasteiger partial charge in [-0.25, -0.2) is 0 Å². The van der Waals surface area contributed by atoms with Gasteiger partial charge in [0.2, 0.25) is 0 Å². The smallest absolute Gasteiger partial charge is 0.258 e. The number of carbonyl (C=O) groups is 2. The van der Waals surface area contributed by atoms with Crippen LogP contribution >= 0.6 is 0 Å². The topological polar surface area (TPSA) is 89.5 Å². The van der Waals surface area contributed by atoms with E-state index in [0.717, 1.165) is 35.1 Å². The SMILES string of the molecule is COc1ccc2cc(C(=O)NCCc3ccc(OCC(=O)NC4CC4)cc3)c(C)nc2c1. The van der Waals surface area contributed by atoms with Crippen molar-refractivity contribution in [1.82, 2.24) is 15.6 Å². The van der Waals surface area contributed by atoms with E-state index >= 15 is 0 Å². The standard InChI is InChI=1S/C25H27N3O4/c1-16-22(13-18-5-10-21(31-2)14-23(18)27-16)25(30)26-12-11-17-3-8-20(9-4-17)32-15-24(29)28-19-6-7-19/h3-5,8-10,13-14,19H,6-7,11-12,15H2,1-2H3,(H,26,30)(H,28,29). The number of amides is 2. The van der Waals surface area contributed by atoms with Crippen molar-refractivity contribution in [1.29, 1.82) is 0 Å². The van der Waals surface area contributed by atoms with E-state index in [1.807, 2.05) is 55.5 Å². The number of ether oxygens (including phenoxy) is 2. The summed E-state index contributed by atoms with van der Waals surface area (Å²) >= 11 is 0. The summed E-state index contributed by atoms with van der Waals surface area (Å²) in [5, 5.41) is 6.75. The van der Waals surface area contributed by atoms with E-state index in [4.69, 9.17) is 9.47 Å². The van der Waals surface area contributed by atoms with E-state index in [0.29, 0.717) is 36.0 Å². The molecule has 2 amide bonds. The third kappa shape index (κ3) is 5.55. The van der Waals surface area contributed by atoms with Crippen molar-refractivity contribution in [3.63, 3.8) is 0 Å². The summed E-state index contributed by atoms with van der Waals surface area (Å²) in [4.78, 5) is 28.9. The van der Waals surface area contributed by atoms with E-state index in [2.05, 4.69) is 15.6 Å². The van der Waals surface area contributed by atoms with Crippen LogP contribution in [0.15, 0.2) is 48.5 Å². The lowest BCUT2D eigenvalue weighted by Gasteiger charge is -2.10. The number of benzene rings is 2. The van der Waals surface area contributed by atoms with E-state index in [1.165, 1.54) is 0 Å². The highest BCUT2D eigenvalue weighted by atomic mass is 16.5. The number of fused-ring (bicyclic) bond motifs is 1. The molecule has 7 heteroatoms. The monoisotopic (exact) mass is 433 g/mol. The molecule has 1 aliphatic carbocycles. The average Bonchev–Trinajstić information content (AvgIpc) is 3.61. The van der Waals surface area contributed by atoms with Crippen LogP contribution < -0.4 is 20.1 Å². The third-order valence-electron chi connectivity index (χ3n) is 5.39. The Morgan fingerprint density at radius 2 is 1.81 bits per heavy atom. The Balaban J connectivity index is 1.27. The maximum absolute atomic E-state index is 12.7. The van der Waals surface area contributed by atoms with E-state index in [9.17, 15) is 9.59 Å². The van der Waals surface area contributed by atoms with E-state index in [-0.39, 0.29) is 18.4 Å². The predicted molar refractivity (Wildman–Crippen MR) is 122 cm³/mol. The largest absolute Gasteiger partial charge is 0.497 e. The molecule has 4 rings (SSSR count). The lowest BCUT2D eigenvalue weighted by Crippen LogP contribution is -2.30. The average molecular weight is 434 g/mol. The minimum Gasteiger partial charge on any atom is -0.497 e. The highest BCUT2D eigenvalue weighted by Crippen LogP contribution is 2.22. The molecule has 1 heterocycles. The van der Waals surface area contributed by atoms with Crippen molar-refractivity contribution < 1.29 is 19.1 Å². The Hall–Kier alpha value is -3.61. The zero-order valence-corrected chi connectivity index (χ0v) is 18.3. The molecule has 1 fully saturated rings. The van der Waals surface area contributed by atoms with Gasteiger partial charge in [0, 0.05) is 24.0 Å². The summed E-state index contributed by atoms with van der Waals surface area (Å²) in [6.45, 7) is 2.36. The Morgan fingerprint density at radius 3 is 2.53 bits per heavy atom. The van der Waals surface area contributed by atoms with Crippen molar-refractivity contribution in [2.45, 2.75) is 32.2 Å². The molecule has 0 atom stereocenters. The number of pyridine rings is 1. The second kappa shape index (κ2) is 9.68. The number of rotatable bonds is 9. The predicted octanol–water partition coefficient (Wildman–Crippen LogP) is 3.18. The molecule has 0 bridgehead atoms. The zero-order chi connectivity index (χ0) is 22.5. The van der Waals surface area contributed by atoms with Crippen LogP contribution in [0.3, 0.4) is 0 Å². The fraction of sp³-hybridized carbons (Fsp3) is 0.320. The van der Waals surface area contributed by atoms with Crippen LogP contribution in [-0.2, 0) is 11.2 Å². The first kappa shape index (κ1) is 21.6. The number of aryl methyl sites for hydroxylation is 1. The summed E-state index contributed by atoms with van der Waals surface area (Å²) < 4.78 is 10.8. The van der Waals surface area contributed by atoms with Crippen LogP contribution in [0.2, 0.25) is 0 Å². The minimum absolute atomic E-state index is 0.0256. The summed E-state index contributed by atoms with van der Waals surface area (Å²) in [5.41, 5.74) is 3.11. The van der Waals surface area contributed by atoms with Crippen LogP contribution in [-0.4, -0.2) is 43.1 Å². The second-order valence-electron chi connectivity index (χ2n) is 7.96. The Bertz CT molecular complexity index is 1120. The highest BCUT2D eigenvalue weighted by Gasteiger charge is 2.23. The van der Waals surface area contributed by atoms with Crippen LogP contribution in [0.4, 0.5) is 0 Å². The quantitative estimate of drug-likeness (QED) is 0.541. The van der Waals surface area contributed by atoms with Gasteiger partial charge >= 0.3 is 0 Å². The molecule has 7 nitrogen and oxygen atoms in total. The Kier molecular flexibility index (Phi) is 6.54. The lowest BCUT2D eigenvalue weighted by atomic mass is 10.1. The van der Waals surface area contributed by atoms with Gasteiger partial charge in [0.05, 0.1) is 23.9 Å². The fourth-order valence-corrected chi connectivity index (χ4v) is 3.41. The van der Waals surface area contributed by atoms with Gasteiger partial charge < -0.3 is 20.1 Å². The van der Waals surface area contributed by atoms with Crippen molar-refractivity contribution >= 4 is 22.7 Å². The number of hydrogen-bond acceptors (Lipinski definition) is 5. The van der Waals surface area contributed by atoms with Gasteiger partial charge in [0.1, 0.15) is 11.5 Å². The maximum atomic E-state index is 12.7. The van der Waals surface area contributed by atoms with Gasteiger partial charge in [0.15, 0.2) is 6.61 Å². The van der Waals surface area contributed by atoms with Crippen molar-refractivity contribution in [3.05, 3.63) is 65.4 Å². The molecule has 166 valence electrons. The van der Waals surface area contributed by atoms with Gasteiger partial charge in [-0.1, -0.05) is 12.1 Å².